The number of halogens is 2. The van der Waals surface area contributed by atoms with Gasteiger partial charge in [0, 0.05) is 30.1 Å². The first-order valence-corrected chi connectivity index (χ1v) is 9.28. The summed E-state index contributed by atoms with van der Waals surface area (Å²) in [6.07, 6.45) is 3.75. The second-order valence-electron chi connectivity index (χ2n) is 6.80. The number of rotatable bonds is 5. The molecule has 1 atom stereocenters. The molecule has 0 N–H and O–H groups in total. The molecule has 1 unspecified atom stereocenters. The van der Waals surface area contributed by atoms with E-state index < -0.39 is 23.7 Å². The van der Waals surface area contributed by atoms with E-state index in [0.717, 1.165) is 12.3 Å². The smallest absolute Gasteiger partial charge is 0.337 e. The van der Waals surface area contributed by atoms with Crippen LogP contribution in [0.5, 0.6) is 5.75 Å². The molecule has 0 aliphatic heterocycles. The molecule has 2 aromatic carbocycles. The zero-order chi connectivity index (χ0) is 22.1. The van der Waals surface area contributed by atoms with Gasteiger partial charge in [0.05, 0.1) is 23.7 Å². The summed E-state index contributed by atoms with van der Waals surface area (Å²) in [6, 6.07) is 9.74. The van der Waals surface area contributed by atoms with Crippen molar-refractivity contribution in [1.82, 2.24) is 9.78 Å². The number of hydrogen-bond acceptors (Lipinski definition) is 5. The van der Waals surface area contributed by atoms with Crippen molar-refractivity contribution in [2.75, 3.05) is 7.11 Å². The lowest BCUT2D eigenvalue weighted by Crippen LogP contribution is -2.28. The molecular formula is C22H17F2N3O4. The fourth-order valence-electron chi connectivity index (χ4n) is 3.38. The van der Waals surface area contributed by atoms with E-state index in [1.807, 2.05) is 0 Å². The van der Waals surface area contributed by atoms with Crippen LogP contribution in [0.15, 0.2) is 61.1 Å². The van der Waals surface area contributed by atoms with Crippen LogP contribution in [0, 0.1) is 16.8 Å². The number of carbonyl (C=O) groups is 1. The highest BCUT2D eigenvalue weighted by atomic mass is 19.1. The summed E-state index contributed by atoms with van der Waals surface area (Å²) in [5.41, 5.74) is 1.27. The highest BCUT2D eigenvalue weighted by Crippen LogP contribution is 2.29. The molecule has 0 saturated heterocycles. The average molecular weight is 425 g/mol. The monoisotopic (exact) mass is 425 g/mol. The molecule has 0 amide bonds. The van der Waals surface area contributed by atoms with Crippen molar-refractivity contribution in [3.63, 3.8) is 0 Å². The molecule has 2 heterocycles. The van der Waals surface area contributed by atoms with Crippen LogP contribution >= 0.6 is 0 Å². The molecule has 7 nitrogen and oxygen atoms in total. The van der Waals surface area contributed by atoms with Crippen LogP contribution < -0.4 is 9.47 Å². The van der Waals surface area contributed by atoms with Gasteiger partial charge in [-0.3, -0.25) is 0 Å². The summed E-state index contributed by atoms with van der Waals surface area (Å²) in [5, 5.41) is 16.6. The van der Waals surface area contributed by atoms with Gasteiger partial charge in [-0.1, -0.05) is 0 Å². The van der Waals surface area contributed by atoms with Crippen LogP contribution in [0.1, 0.15) is 28.9 Å². The normalized spacial score (nSPS) is 12.0. The molecule has 9 heteroatoms. The van der Waals surface area contributed by atoms with E-state index in [0.29, 0.717) is 27.6 Å². The maximum Gasteiger partial charge on any atom is 0.337 e. The van der Waals surface area contributed by atoms with Gasteiger partial charge in [-0.25, -0.2) is 13.9 Å². The Morgan fingerprint density at radius 2 is 2.03 bits per heavy atom. The third-order valence-corrected chi connectivity index (χ3v) is 4.77. The summed E-state index contributed by atoms with van der Waals surface area (Å²) in [5.74, 6) is -2.18. The van der Waals surface area contributed by atoms with Crippen molar-refractivity contribution < 1.29 is 27.8 Å². The average Bonchev–Trinajstić information content (AvgIpc) is 3.26. The Labute approximate surface area is 175 Å². The molecule has 0 radical (unpaired) electrons. The predicted octanol–water partition coefficient (Wildman–Crippen LogP) is 3.86. The van der Waals surface area contributed by atoms with Crippen molar-refractivity contribution >= 4 is 16.9 Å². The Balaban J connectivity index is 1.76. The van der Waals surface area contributed by atoms with Crippen molar-refractivity contribution in [2.24, 2.45) is 0 Å². The third-order valence-electron chi connectivity index (χ3n) is 4.77. The van der Waals surface area contributed by atoms with Gasteiger partial charge in [0.25, 0.3) is 5.52 Å². The molecule has 0 aliphatic carbocycles. The second-order valence-corrected chi connectivity index (χ2v) is 6.80. The fourth-order valence-corrected chi connectivity index (χ4v) is 3.38. The highest BCUT2D eigenvalue weighted by molar-refractivity contribution is 5.90. The van der Waals surface area contributed by atoms with Crippen molar-refractivity contribution in [1.29, 1.82) is 0 Å². The van der Waals surface area contributed by atoms with E-state index in [4.69, 9.17) is 9.47 Å². The van der Waals surface area contributed by atoms with Gasteiger partial charge < -0.3 is 14.7 Å². The topological polar surface area (TPSA) is 80.3 Å². The zero-order valence-corrected chi connectivity index (χ0v) is 16.6. The van der Waals surface area contributed by atoms with Gasteiger partial charge in [-0.2, -0.15) is 14.2 Å². The number of carbonyl (C=O) groups excluding carboxylic acids is 1. The Bertz CT molecular complexity index is 1280. The van der Waals surface area contributed by atoms with Gasteiger partial charge in [-0.15, -0.1) is 0 Å². The molecule has 4 rings (SSSR count). The number of benzene rings is 2. The standard InChI is InChI=1S/C22H17F2N3O4/c1-13(31-17-9-15-8-16(23)11-19(24)21(15)27(29)12-17)18-10-14(22(28)30-2)4-5-20(18)26-7-3-6-25-26/h3-13H,1-2H3. The summed E-state index contributed by atoms with van der Waals surface area (Å²) in [4.78, 5) is 12.0. The van der Waals surface area contributed by atoms with Gasteiger partial charge in [-0.05, 0) is 37.3 Å². The second kappa shape index (κ2) is 8.02. The van der Waals surface area contributed by atoms with E-state index in [-0.39, 0.29) is 16.7 Å². The number of methoxy groups -OCH3 is 1. The lowest BCUT2D eigenvalue weighted by Gasteiger charge is -2.19. The fraction of sp³-hybridized carbons (Fsp3) is 0.136. The maximum absolute atomic E-state index is 14.0. The van der Waals surface area contributed by atoms with Crippen LogP contribution in [0.2, 0.25) is 0 Å². The highest BCUT2D eigenvalue weighted by Gasteiger charge is 2.20. The van der Waals surface area contributed by atoms with E-state index in [9.17, 15) is 18.8 Å². The molecule has 0 spiro atoms. The first kappa shape index (κ1) is 20.3. The minimum Gasteiger partial charge on any atom is -0.618 e. The Morgan fingerprint density at radius 3 is 2.74 bits per heavy atom. The lowest BCUT2D eigenvalue weighted by atomic mass is 10.0. The van der Waals surface area contributed by atoms with E-state index >= 15 is 0 Å². The number of fused-ring (bicyclic) bond motifs is 1. The summed E-state index contributed by atoms with van der Waals surface area (Å²) in [7, 11) is 1.28. The summed E-state index contributed by atoms with van der Waals surface area (Å²) < 4.78 is 40.2. The van der Waals surface area contributed by atoms with Crippen molar-refractivity contribution in [2.45, 2.75) is 13.0 Å². The Hall–Kier alpha value is -4.01. The minimum absolute atomic E-state index is 0.0628. The molecule has 4 aromatic rings. The number of ether oxygens (including phenoxy) is 2. The summed E-state index contributed by atoms with van der Waals surface area (Å²) >= 11 is 0. The Morgan fingerprint density at radius 1 is 1.23 bits per heavy atom. The first-order chi connectivity index (χ1) is 14.9. The molecule has 31 heavy (non-hydrogen) atoms. The molecule has 0 saturated carbocycles. The number of nitrogens with zero attached hydrogens (tertiary/aromatic N) is 3. The number of pyridine rings is 1. The largest absolute Gasteiger partial charge is 0.618 e. The number of hydrogen-bond donors (Lipinski definition) is 0. The summed E-state index contributed by atoms with van der Waals surface area (Å²) in [6.45, 7) is 1.72. The van der Waals surface area contributed by atoms with E-state index in [1.165, 1.54) is 13.2 Å². The molecule has 158 valence electrons. The van der Waals surface area contributed by atoms with Gasteiger partial charge in [0.2, 0.25) is 6.20 Å². The van der Waals surface area contributed by atoms with E-state index in [2.05, 4.69) is 5.10 Å². The van der Waals surface area contributed by atoms with Crippen LogP contribution in [-0.4, -0.2) is 22.9 Å². The van der Waals surface area contributed by atoms with Crippen molar-refractivity contribution in [3.05, 3.63) is 89.0 Å². The minimum atomic E-state index is -0.962. The van der Waals surface area contributed by atoms with Gasteiger partial charge >= 0.3 is 5.97 Å². The molecular weight excluding hydrogens is 408 g/mol. The zero-order valence-electron chi connectivity index (χ0n) is 16.6. The van der Waals surface area contributed by atoms with Crippen LogP contribution in [0.25, 0.3) is 16.6 Å². The van der Waals surface area contributed by atoms with Gasteiger partial charge in [0.15, 0.2) is 11.6 Å². The van der Waals surface area contributed by atoms with Crippen LogP contribution in [0.3, 0.4) is 0 Å². The molecule has 0 aliphatic rings. The first-order valence-electron chi connectivity index (χ1n) is 9.28. The number of esters is 1. The SMILES string of the molecule is COC(=O)c1ccc(-n2cccn2)c(C(C)Oc2cc3cc(F)cc(F)c3[n+]([O-])c2)c1. The van der Waals surface area contributed by atoms with Gasteiger partial charge in [0.1, 0.15) is 11.9 Å². The van der Waals surface area contributed by atoms with E-state index in [1.54, 1.807) is 48.3 Å². The lowest BCUT2D eigenvalue weighted by molar-refractivity contribution is -0.578. The third kappa shape index (κ3) is 3.89. The quantitative estimate of drug-likeness (QED) is 0.276. The van der Waals surface area contributed by atoms with Crippen LogP contribution in [0.4, 0.5) is 8.78 Å². The molecule has 0 bridgehead atoms. The van der Waals surface area contributed by atoms with Crippen molar-refractivity contribution in [3.8, 4) is 11.4 Å². The maximum atomic E-state index is 14.0. The predicted molar refractivity (Wildman–Crippen MR) is 107 cm³/mol. The molecule has 0 fully saturated rings. The molecule has 2 aromatic heterocycles. The Kier molecular flexibility index (Phi) is 5.24. The number of aromatic nitrogens is 3. The van der Waals surface area contributed by atoms with Crippen LogP contribution in [-0.2, 0) is 4.74 Å².